The van der Waals surface area contributed by atoms with Gasteiger partial charge >= 0.3 is 0 Å². The Morgan fingerprint density at radius 3 is 2.90 bits per heavy atom. The molecule has 1 saturated heterocycles. The number of aryl methyl sites for hydroxylation is 1. The average molecular weight is 276 g/mol. The second kappa shape index (κ2) is 7.14. The van der Waals surface area contributed by atoms with Crippen molar-refractivity contribution >= 4 is 0 Å². The molecule has 0 amide bonds. The van der Waals surface area contributed by atoms with E-state index in [1.807, 2.05) is 19.2 Å². The first-order valence-corrected chi connectivity index (χ1v) is 7.86. The van der Waals surface area contributed by atoms with Gasteiger partial charge in [0.05, 0.1) is 5.69 Å². The van der Waals surface area contributed by atoms with Crippen LogP contribution in [-0.2, 0) is 6.54 Å². The van der Waals surface area contributed by atoms with Crippen molar-refractivity contribution in [2.24, 2.45) is 5.92 Å². The van der Waals surface area contributed by atoms with E-state index in [0.717, 1.165) is 31.2 Å². The van der Waals surface area contributed by atoms with Crippen LogP contribution in [0.2, 0.25) is 0 Å². The van der Waals surface area contributed by atoms with E-state index in [4.69, 9.17) is 0 Å². The quantitative estimate of drug-likeness (QED) is 0.896. The lowest BCUT2D eigenvalue weighted by molar-refractivity contribution is 0.0872. The molecule has 2 atom stereocenters. The zero-order valence-electron chi connectivity index (χ0n) is 13.3. The molecule has 112 valence electrons. The fraction of sp³-hybridized carbons (Fsp3) is 0.750. The summed E-state index contributed by atoms with van der Waals surface area (Å²) in [5, 5.41) is 3.70. The molecular weight excluding hydrogens is 248 g/mol. The van der Waals surface area contributed by atoms with E-state index < -0.39 is 0 Å². The minimum absolute atomic E-state index is 0.596. The molecule has 0 aliphatic carbocycles. The van der Waals surface area contributed by atoms with Crippen molar-refractivity contribution in [3.63, 3.8) is 0 Å². The molecule has 4 heteroatoms. The molecule has 2 unspecified atom stereocenters. The lowest BCUT2D eigenvalue weighted by Crippen LogP contribution is -2.57. The Kier molecular flexibility index (Phi) is 5.49. The molecule has 1 aromatic rings. The molecule has 0 radical (unpaired) electrons. The Balaban J connectivity index is 2.06. The van der Waals surface area contributed by atoms with Gasteiger partial charge in [0.25, 0.3) is 0 Å². The van der Waals surface area contributed by atoms with Gasteiger partial charge in [0, 0.05) is 37.9 Å². The van der Waals surface area contributed by atoms with Crippen LogP contribution >= 0.6 is 0 Å². The first-order valence-electron chi connectivity index (χ1n) is 7.86. The van der Waals surface area contributed by atoms with Gasteiger partial charge in [0.1, 0.15) is 5.82 Å². The maximum Gasteiger partial charge on any atom is 0.125 e. The van der Waals surface area contributed by atoms with Crippen molar-refractivity contribution in [3.05, 3.63) is 23.8 Å². The van der Waals surface area contributed by atoms with Crippen molar-refractivity contribution in [2.45, 2.75) is 59.2 Å². The maximum absolute atomic E-state index is 4.56. The van der Waals surface area contributed by atoms with Crippen LogP contribution in [0.5, 0.6) is 0 Å². The molecule has 1 aliphatic heterocycles. The highest BCUT2D eigenvalue weighted by molar-refractivity contribution is 5.03. The number of nitrogens with one attached hydrogen (secondary N) is 1. The van der Waals surface area contributed by atoms with Crippen LogP contribution < -0.4 is 5.32 Å². The zero-order valence-corrected chi connectivity index (χ0v) is 13.3. The highest BCUT2D eigenvalue weighted by atomic mass is 15.2. The summed E-state index contributed by atoms with van der Waals surface area (Å²) in [7, 11) is 0. The summed E-state index contributed by atoms with van der Waals surface area (Å²) in [4.78, 5) is 11.3. The topological polar surface area (TPSA) is 41.1 Å². The largest absolute Gasteiger partial charge is 0.311 e. The second-order valence-electron chi connectivity index (χ2n) is 6.23. The summed E-state index contributed by atoms with van der Waals surface area (Å²) in [5.41, 5.74) is 1.14. The molecule has 4 nitrogen and oxygen atoms in total. The Bertz CT molecular complexity index is 419. The smallest absolute Gasteiger partial charge is 0.125 e. The number of aromatic nitrogens is 2. The van der Waals surface area contributed by atoms with E-state index in [-0.39, 0.29) is 0 Å². The lowest BCUT2D eigenvalue weighted by atomic mass is 9.97. The predicted molar refractivity (Wildman–Crippen MR) is 82.5 cm³/mol. The van der Waals surface area contributed by atoms with Gasteiger partial charge in [0.2, 0.25) is 0 Å². The van der Waals surface area contributed by atoms with Gasteiger partial charge in [-0.05, 0) is 25.3 Å². The monoisotopic (exact) mass is 276 g/mol. The van der Waals surface area contributed by atoms with Crippen LogP contribution in [0.1, 0.15) is 45.1 Å². The minimum Gasteiger partial charge on any atom is -0.311 e. The number of hydrogen-bond donors (Lipinski definition) is 1. The number of rotatable bonds is 5. The van der Waals surface area contributed by atoms with Gasteiger partial charge in [-0.25, -0.2) is 9.97 Å². The summed E-state index contributed by atoms with van der Waals surface area (Å²) in [5.74, 6) is 1.52. The maximum atomic E-state index is 4.56. The third-order valence-electron chi connectivity index (χ3n) is 4.15. The van der Waals surface area contributed by atoms with Gasteiger partial charge in [-0.3, -0.25) is 4.90 Å². The summed E-state index contributed by atoms with van der Waals surface area (Å²) >= 11 is 0. The summed E-state index contributed by atoms with van der Waals surface area (Å²) in [6.07, 6.45) is 4.36. The summed E-state index contributed by atoms with van der Waals surface area (Å²) in [6.45, 7) is 12.0. The highest BCUT2D eigenvalue weighted by Crippen LogP contribution is 2.19. The van der Waals surface area contributed by atoms with Gasteiger partial charge in [-0.15, -0.1) is 0 Å². The molecule has 20 heavy (non-hydrogen) atoms. The van der Waals surface area contributed by atoms with Crippen molar-refractivity contribution in [3.8, 4) is 0 Å². The van der Waals surface area contributed by atoms with Crippen molar-refractivity contribution in [1.82, 2.24) is 20.2 Å². The van der Waals surface area contributed by atoms with E-state index in [0.29, 0.717) is 18.0 Å². The van der Waals surface area contributed by atoms with Crippen LogP contribution in [0, 0.1) is 12.8 Å². The standard InChI is InChI=1S/C16H28N4/c1-5-6-14-10-20(16(9-18-14)12(2)3)11-15-7-8-17-13(4)19-15/h7-8,12,14,16,18H,5-6,9-11H2,1-4H3. The number of hydrogen-bond acceptors (Lipinski definition) is 4. The molecule has 2 rings (SSSR count). The summed E-state index contributed by atoms with van der Waals surface area (Å²) < 4.78 is 0. The van der Waals surface area contributed by atoms with Crippen LogP contribution in [0.3, 0.4) is 0 Å². The minimum atomic E-state index is 0.596. The third-order valence-corrected chi connectivity index (χ3v) is 4.15. The van der Waals surface area contributed by atoms with Gasteiger partial charge < -0.3 is 5.32 Å². The van der Waals surface area contributed by atoms with E-state index in [9.17, 15) is 0 Å². The second-order valence-corrected chi connectivity index (χ2v) is 6.23. The first kappa shape index (κ1) is 15.4. The van der Waals surface area contributed by atoms with E-state index in [1.165, 1.54) is 12.8 Å². The van der Waals surface area contributed by atoms with E-state index in [2.05, 4.69) is 41.0 Å². The van der Waals surface area contributed by atoms with Gasteiger partial charge in [-0.2, -0.15) is 0 Å². The molecule has 2 heterocycles. The molecule has 0 aromatic carbocycles. The van der Waals surface area contributed by atoms with Gasteiger partial charge in [-0.1, -0.05) is 27.2 Å². The fourth-order valence-corrected chi connectivity index (χ4v) is 3.08. The first-order chi connectivity index (χ1) is 9.60. The van der Waals surface area contributed by atoms with Crippen LogP contribution in [0.15, 0.2) is 12.3 Å². The molecule has 0 spiro atoms. The zero-order chi connectivity index (χ0) is 14.5. The Morgan fingerprint density at radius 1 is 1.45 bits per heavy atom. The average Bonchev–Trinajstić information content (AvgIpc) is 2.39. The fourth-order valence-electron chi connectivity index (χ4n) is 3.08. The third kappa shape index (κ3) is 4.00. The van der Waals surface area contributed by atoms with Crippen LogP contribution in [-0.4, -0.2) is 40.0 Å². The Labute approximate surface area is 123 Å². The van der Waals surface area contributed by atoms with Crippen molar-refractivity contribution < 1.29 is 0 Å². The van der Waals surface area contributed by atoms with Crippen LogP contribution in [0.4, 0.5) is 0 Å². The molecule has 1 fully saturated rings. The van der Waals surface area contributed by atoms with Crippen LogP contribution in [0.25, 0.3) is 0 Å². The van der Waals surface area contributed by atoms with E-state index in [1.54, 1.807) is 0 Å². The Morgan fingerprint density at radius 2 is 2.25 bits per heavy atom. The molecule has 1 aromatic heterocycles. The predicted octanol–water partition coefficient (Wildman–Crippen LogP) is 2.38. The molecule has 1 aliphatic rings. The molecule has 0 saturated carbocycles. The summed E-state index contributed by atoms with van der Waals surface area (Å²) in [6, 6.07) is 3.26. The SMILES string of the molecule is CCCC1CN(Cc2ccnc(C)n2)C(C(C)C)CN1. The van der Waals surface area contributed by atoms with Crippen molar-refractivity contribution in [1.29, 1.82) is 0 Å². The molecule has 0 bridgehead atoms. The Hall–Kier alpha value is -1.00. The number of nitrogens with zero attached hydrogens (tertiary/aromatic N) is 3. The lowest BCUT2D eigenvalue weighted by Gasteiger charge is -2.42. The van der Waals surface area contributed by atoms with Crippen molar-refractivity contribution in [2.75, 3.05) is 13.1 Å². The van der Waals surface area contributed by atoms with Gasteiger partial charge in [0.15, 0.2) is 0 Å². The van der Waals surface area contributed by atoms with E-state index >= 15 is 0 Å². The molecular formula is C16H28N4. The highest BCUT2D eigenvalue weighted by Gasteiger charge is 2.29. The number of piperazine rings is 1. The molecule has 1 N–H and O–H groups in total. The normalized spacial score (nSPS) is 24.2.